The highest BCUT2D eigenvalue weighted by atomic mass is 16.5. The lowest BCUT2D eigenvalue weighted by molar-refractivity contribution is -0.132. The highest BCUT2D eigenvalue weighted by Crippen LogP contribution is 2.43. The lowest BCUT2D eigenvalue weighted by Crippen LogP contribution is -2.29. The van der Waals surface area contributed by atoms with Gasteiger partial charge in [-0.25, -0.2) is 0 Å². The number of ketones is 1. The number of ether oxygens (including phenoxy) is 2. The van der Waals surface area contributed by atoms with E-state index < -0.39 is 17.7 Å². The van der Waals surface area contributed by atoms with E-state index in [1.54, 1.807) is 42.7 Å². The molecular formula is C28H28N2O5. The lowest BCUT2D eigenvalue weighted by atomic mass is 9.87. The molecule has 1 atom stereocenters. The smallest absolute Gasteiger partial charge is 0.300 e. The highest BCUT2D eigenvalue weighted by Gasteiger charge is 2.47. The zero-order chi connectivity index (χ0) is 25.3. The van der Waals surface area contributed by atoms with Gasteiger partial charge in [-0.3, -0.25) is 19.5 Å². The second kappa shape index (κ2) is 9.25. The number of methoxy groups -OCH3 is 2. The summed E-state index contributed by atoms with van der Waals surface area (Å²) in [5, 5.41) is 11.3. The fourth-order valence-electron chi connectivity index (χ4n) is 4.22. The van der Waals surface area contributed by atoms with Crippen LogP contribution in [0.1, 0.15) is 43.5 Å². The maximum absolute atomic E-state index is 13.3. The Balaban J connectivity index is 1.89. The van der Waals surface area contributed by atoms with Crippen LogP contribution in [0.3, 0.4) is 0 Å². The van der Waals surface area contributed by atoms with Crippen molar-refractivity contribution in [2.24, 2.45) is 0 Å². The largest absolute Gasteiger partial charge is 0.507 e. The molecule has 0 saturated carbocycles. The molecule has 2 aromatic carbocycles. The summed E-state index contributed by atoms with van der Waals surface area (Å²) in [5.41, 5.74) is 2.58. The summed E-state index contributed by atoms with van der Waals surface area (Å²) in [4.78, 5) is 32.1. The first kappa shape index (κ1) is 24.0. The number of carbonyl (C=O) groups excluding carboxylic acids is 2. The monoisotopic (exact) mass is 472 g/mol. The number of aliphatic hydroxyl groups excluding tert-OH is 1. The van der Waals surface area contributed by atoms with Gasteiger partial charge in [-0.05, 0) is 59.0 Å². The molecule has 180 valence electrons. The lowest BCUT2D eigenvalue weighted by Gasteiger charge is -2.26. The Hall–Kier alpha value is -4.13. The van der Waals surface area contributed by atoms with Crippen LogP contribution < -0.4 is 14.4 Å². The van der Waals surface area contributed by atoms with E-state index in [4.69, 9.17) is 9.47 Å². The SMILES string of the molecule is COc1ccc(/C(O)=C2/C(=O)C(=O)N(c3ccc(C(C)(C)C)cc3)C2c2ccncc2)cc1OC. The standard InChI is InChI=1S/C28H28N2O5/c1-28(2,3)19-7-9-20(10-8-19)30-24(17-12-14-29-15-13-17)23(26(32)27(30)33)25(31)18-6-11-21(34-4)22(16-18)35-5/h6-16,24,31H,1-5H3/b25-23-. The van der Waals surface area contributed by atoms with Gasteiger partial charge in [0.05, 0.1) is 25.8 Å². The van der Waals surface area contributed by atoms with Crippen LogP contribution >= 0.6 is 0 Å². The predicted octanol–water partition coefficient (Wildman–Crippen LogP) is 5.02. The molecule has 35 heavy (non-hydrogen) atoms. The van der Waals surface area contributed by atoms with Crippen molar-refractivity contribution in [2.75, 3.05) is 19.1 Å². The van der Waals surface area contributed by atoms with Crippen molar-refractivity contribution in [3.05, 3.63) is 89.3 Å². The van der Waals surface area contributed by atoms with Crippen molar-refractivity contribution in [3.8, 4) is 11.5 Å². The predicted molar refractivity (Wildman–Crippen MR) is 134 cm³/mol. The fraction of sp³-hybridized carbons (Fsp3) is 0.250. The Morgan fingerprint density at radius 1 is 0.914 bits per heavy atom. The van der Waals surface area contributed by atoms with Crippen LogP contribution in [0.15, 0.2) is 72.6 Å². The van der Waals surface area contributed by atoms with E-state index in [0.29, 0.717) is 28.3 Å². The van der Waals surface area contributed by atoms with E-state index in [1.807, 2.05) is 24.3 Å². The summed E-state index contributed by atoms with van der Waals surface area (Å²) in [5.74, 6) is -0.894. The third-order valence-electron chi connectivity index (χ3n) is 6.13. The normalized spacial score (nSPS) is 17.5. The van der Waals surface area contributed by atoms with Crippen molar-refractivity contribution in [2.45, 2.75) is 32.2 Å². The number of carbonyl (C=O) groups is 2. The number of pyridine rings is 1. The Morgan fingerprint density at radius 2 is 1.54 bits per heavy atom. The van der Waals surface area contributed by atoms with Gasteiger partial charge in [-0.2, -0.15) is 0 Å². The molecule has 1 aliphatic rings. The number of rotatable bonds is 5. The topological polar surface area (TPSA) is 89.0 Å². The summed E-state index contributed by atoms with van der Waals surface area (Å²) in [6.45, 7) is 6.32. The second-order valence-corrected chi connectivity index (χ2v) is 9.32. The van der Waals surface area contributed by atoms with Crippen LogP contribution in [0, 0.1) is 0 Å². The number of hydrogen-bond acceptors (Lipinski definition) is 6. The minimum atomic E-state index is -0.827. The molecule has 1 unspecified atom stereocenters. The third kappa shape index (κ3) is 4.37. The molecule has 4 rings (SSSR count). The Bertz CT molecular complexity index is 1290. The average Bonchev–Trinajstić information content (AvgIpc) is 3.13. The summed E-state index contributed by atoms with van der Waals surface area (Å²) >= 11 is 0. The van der Waals surface area contributed by atoms with Gasteiger partial charge in [0.25, 0.3) is 11.7 Å². The van der Waals surface area contributed by atoms with E-state index in [1.165, 1.54) is 19.1 Å². The van der Waals surface area contributed by atoms with Crippen molar-refractivity contribution in [1.29, 1.82) is 0 Å². The number of anilines is 1. The Labute approximate surface area is 204 Å². The average molecular weight is 473 g/mol. The molecular weight excluding hydrogens is 444 g/mol. The van der Waals surface area contributed by atoms with Crippen LogP contribution in [-0.2, 0) is 15.0 Å². The Morgan fingerprint density at radius 3 is 2.11 bits per heavy atom. The number of aliphatic hydroxyl groups is 1. The molecule has 7 nitrogen and oxygen atoms in total. The summed E-state index contributed by atoms with van der Waals surface area (Å²) in [7, 11) is 3.00. The van der Waals surface area contributed by atoms with E-state index in [2.05, 4.69) is 25.8 Å². The molecule has 1 amide bonds. The quantitative estimate of drug-likeness (QED) is 0.319. The molecule has 2 heterocycles. The molecule has 1 aromatic heterocycles. The molecule has 3 aromatic rings. The van der Waals surface area contributed by atoms with Crippen LogP contribution in [0.4, 0.5) is 5.69 Å². The summed E-state index contributed by atoms with van der Waals surface area (Å²) in [6, 6.07) is 15.0. The van der Waals surface area contributed by atoms with Gasteiger partial charge in [0.1, 0.15) is 5.76 Å². The third-order valence-corrected chi connectivity index (χ3v) is 6.13. The zero-order valence-corrected chi connectivity index (χ0v) is 20.4. The number of aromatic nitrogens is 1. The molecule has 0 spiro atoms. The highest BCUT2D eigenvalue weighted by molar-refractivity contribution is 6.51. The van der Waals surface area contributed by atoms with Crippen molar-refractivity contribution < 1.29 is 24.2 Å². The number of hydrogen-bond donors (Lipinski definition) is 1. The van der Waals surface area contributed by atoms with E-state index >= 15 is 0 Å². The van der Waals surface area contributed by atoms with Gasteiger partial charge in [0.15, 0.2) is 11.5 Å². The summed E-state index contributed by atoms with van der Waals surface area (Å²) in [6.07, 6.45) is 3.18. The first-order chi connectivity index (χ1) is 16.7. The first-order valence-corrected chi connectivity index (χ1v) is 11.2. The van der Waals surface area contributed by atoms with E-state index in [-0.39, 0.29) is 16.7 Å². The number of amides is 1. The van der Waals surface area contributed by atoms with Crippen molar-refractivity contribution in [3.63, 3.8) is 0 Å². The minimum Gasteiger partial charge on any atom is -0.507 e. The van der Waals surface area contributed by atoms with Gasteiger partial charge in [0.2, 0.25) is 0 Å². The molecule has 0 aliphatic carbocycles. The van der Waals surface area contributed by atoms with Crippen LogP contribution in [-0.4, -0.2) is 36.0 Å². The summed E-state index contributed by atoms with van der Waals surface area (Å²) < 4.78 is 10.6. The minimum absolute atomic E-state index is 0.00619. The Kier molecular flexibility index (Phi) is 6.35. The number of benzene rings is 2. The maximum atomic E-state index is 13.3. The number of nitrogens with zero attached hydrogens (tertiary/aromatic N) is 2. The molecule has 7 heteroatoms. The molecule has 1 aliphatic heterocycles. The molecule has 1 saturated heterocycles. The van der Waals surface area contributed by atoms with Gasteiger partial charge in [0, 0.05) is 23.6 Å². The number of Topliss-reactive ketones (excluding diaryl/α,β-unsaturated/α-hetero) is 1. The van der Waals surface area contributed by atoms with Crippen LogP contribution in [0.5, 0.6) is 11.5 Å². The van der Waals surface area contributed by atoms with E-state index in [0.717, 1.165) is 5.56 Å². The first-order valence-electron chi connectivity index (χ1n) is 11.2. The molecule has 1 fully saturated rings. The fourth-order valence-corrected chi connectivity index (χ4v) is 4.22. The van der Waals surface area contributed by atoms with Crippen molar-refractivity contribution >= 4 is 23.1 Å². The van der Waals surface area contributed by atoms with Gasteiger partial charge in [-0.15, -0.1) is 0 Å². The maximum Gasteiger partial charge on any atom is 0.300 e. The van der Waals surface area contributed by atoms with Gasteiger partial charge >= 0.3 is 0 Å². The van der Waals surface area contributed by atoms with Crippen LogP contribution in [0.2, 0.25) is 0 Å². The van der Waals surface area contributed by atoms with E-state index in [9.17, 15) is 14.7 Å². The molecule has 0 radical (unpaired) electrons. The zero-order valence-electron chi connectivity index (χ0n) is 20.4. The second-order valence-electron chi connectivity index (χ2n) is 9.32. The van der Waals surface area contributed by atoms with Crippen molar-refractivity contribution in [1.82, 2.24) is 4.98 Å². The molecule has 0 bridgehead atoms. The van der Waals surface area contributed by atoms with Gasteiger partial charge < -0.3 is 14.6 Å². The van der Waals surface area contributed by atoms with Crippen LogP contribution in [0.25, 0.3) is 5.76 Å². The molecule has 1 N–H and O–H groups in total. The van der Waals surface area contributed by atoms with Gasteiger partial charge in [-0.1, -0.05) is 32.9 Å².